The molecule has 5 heteroatoms. The molecule has 1 saturated heterocycles. The van der Waals surface area contributed by atoms with Crippen LogP contribution in [0.3, 0.4) is 0 Å². The van der Waals surface area contributed by atoms with Crippen LogP contribution in [0.1, 0.15) is 13.8 Å². The molecule has 0 saturated carbocycles. The Morgan fingerprint density at radius 2 is 2.20 bits per heavy atom. The molecule has 1 aliphatic heterocycles. The van der Waals surface area contributed by atoms with Crippen LogP contribution in [0.2, 0.25) is 19.6 Å². The van der Waals surface area contributed by atoms with Crippen LogP contribution in [0.4, 0.5) is 4.79 Å². The molecule has 0 aliphatic carbocycles. The summed E-state index contributed by atoms with van der Waals surface area (Å²) in [6.45, 7) is 10.5. The van der Waals surface area contributed by atoms with Gasteiger partial charge in [0.25, 0.3) is 0 Å². The number of amides is 1. The van der Waals surface area contributed by atoms with Crippen molar-refractivity contribution in [2.75, 3.05) is 6.61 Å². The fourth-order valence-corrected chi connectivity index (χ4v) is 2.23. The van der Waals surface area contributed by atoms with Crippen molar-refractivity contribution < 1.29 is 14.0 Å². The minimum absolute atomic E-state index is 0.0556. The molecule has 0 aromatic carbocycles. The van der Waals surface area contributed by atoms with Crippen LogP contribution in [-0.2, 0) is 9.16 Å². The maximum Gasteiger partial charge on any atom is 0.417 e. The largest absolute Gasteiger partial charge is 0.533 e. The van der Waals surface area contributed by atoms with E-state index in [1.165, 1.54) is 0 Å². The number of nitrogens with zero attached hydrogens (tertiary/aromatic N) is 1. The van der Waals surface area contributed by atoms with Crippen LogP contribution < -0.4 is 0 Å². The normalized spacial score (nSPS) is 23.0. The Kier molecular flexibility index (Phi) is 3.44. The molecule has 1 aliphatic rings. The molecule has 1 fully saturated rings. The Morgan fingerprint density at radius 3 is 2.53 bits per heavy atom. The average molecular weight is 229 g/mol. The standard InChI is InChI=1S/C10H19NO3Si/c1-6-9(14-15(3,4)5)11-8(2)7-13-10(11)12/h6,8H,7H2,1-5H3/b9-6-/t8-/m1/s1. The van der Waals surface area contributed by atoms with E-state index in [1.54, 1.807) is 4.90 Å². The van der Waals surface area contributed by atoms with E-state index in [0.29, 0.717) is 12.5 Å². The summed E-state index contributed by atoms with van der Waals surface area (Å²) in [6, 6.07) is 0.0556. The highest BCUT2D eigenvalue weighted by atomic mass is 28.4. The van der Waals surface area contributed by atoms with Gasteiger partial charge in [-0.25, -0.2) is 9.69 Å². The number of hydrogen-bond acceptors (Lipinski definition) is 3. The maximum atomic E-state index is 11.5. The summed E-state index contributed by atoms with van der Waals surface area (Å²) in [5, 5.41) is 0. The average Bonchev–Trinajstić information content (AvgIpc) is 2.41. The lowest BCUT2D eigenvalue weighted by atomic mass is 10.3. The molecule has 1 heterocycles. The third-order valence-electron chi connectivity index (χ3n) is 1.98. The first-order valence-electron chi connectivity index (χ1n) is 5.16. The second kappa shape index (κ2) is 4.26. The third-order valence-corrected chi connectivity index (χ3v) is 2.80. The second-order valence-corrected chi connectivity index (χ2v) is 9.07. The number of cyclic esters (lactones) is 1. The number of rotatable bonds is 3. The Bertz CT molecular complexity index is 283. The van der Waals surface area contributed by atoms with Crippen molar-refractivity contribution in [3.63, 3.8) is 0 Å². The summed E-state index contributed by atoms with van der Waals surface area (Å²) >= 11 is 0. The fourth-order valence-electron chi connectivity index (χ4n) is 1.38. The number of carbonyl (C=O) groups is 1. The Balaban J connectivity index is 2.79. The van der Waals surface area contributed by atoms with Crippen LogP contribution in [0.25, 0.3) is 0 Å². The minimum atomic E-state index is -1.69. The quantitative estimate of drug-likeness (QED) is 0.551. The van der Waals surface area contributed by atoms with E-state index in [1.807, 2.05) is 19.9 Å². The molecular weight excluding hydrogens is 210 g/mol. The Hall–Kier alpha value is -0.973. The van der Waals surface area contributed by atoms with Crippen molar-refractivity contribution in [1.29, 1.82) is 0 Å². The summed E-state index contributed by atoms with van der Waals surface area (Å²) < 4.78 is 10.8. The predicted molar refractivity (Wildman–Crippen MR) is 60.8 cm³/mol. The van der Waals surface area contributed by atoms with Gasteiger partial charge in [-0.15, -0.1) is 0 Å². The maximum absolute atomic E-state index is 11.5. The first-order chi connectivity index (χ1) is 6.85. The van der Waals surface area contributed by atoms with Crippen molar-refractivity contribution in [2.45, 2.75) is 39.5 Å². The van der Waals surface area contributed by atoms with E-state index in [0.717, 1.165) is 0 Å². The van der Waals surface area contributed by atoms with Gasteiger partial charge < -0.3 is 9.16 Å². The molecule has 4 nitrogen and oxygen atoms in total. The molecule has 0 N–H and O–H groups in total. The van der Waals surface area contributed by atoms with Gasteiger partial charge in [0.05, 0.1) is 6.04 Å². The van der Waals surface area contributed by atoms with Crippen molar-refractivity contribution in [1.82, 2.24) is 4.90 Å². The van der Waals surface area contributed by atoms with Crippen molar-refractivity contribution in [3.8, 4) is 0 Å². The lowest BCUT2D eigenvalue weighted by molar-refractivity contribution is 0.152. The van der Waals surface area contributed by atoms with E-state index in [4.69, 9.17) is 9.16 Å². The van der Waals surface area contributed by atoms with Crippen LogP contribution >= 0.6 is 0 Å². The number of ether oxygens (including phenoxy) is 1. The van der Waals surface area contributed by atoms with Crippen LogP contribution in [-0.4, -0.2) is 32.0 Å². The highest BCUT2D eigenvalue weighted by Crippen LogP contribution is 2.22. The zero-order valence-electron chi connectivity index (χ0n) is 10.0. The smallest absolute Gasteiger partial charge is 0.417 e. The van der Waals surface area contributed by atoms with E-state index in [-0.39, 0.29) is 12.1 Å². The van der Waals surface area contributed by atoms with Gasteiger partial charge in [0, 0.05) is 0 Å². The topological polar surface area (TPSA) is 38.8 Å². The van der Waals surface area contributed by atoms with Crippen molar-refractivity contribution in [3.05, 3.63) is 12.0 Å². The molecule has 1 amide bonds. The number of carbonyl (C=O) groups excluding carboxylic acids is 1. The first-order valence-corrected chi connectivity index (χ1v) is 8.57. The Labute approximate surface area is 92.0 Å². The van der Waals surface area contributed by atoms with Crippen LogP contribution in [0, 0.1) is 0 Å². The van der Waals surface area contributed by atoms with Gasteiger partial charge in [-0.3, -0.25) is 0 Å². The summed E-state index contributed by atoms with van der Waals surface area (Å²) in [7, 11) is -1.69. The van der Waals surface area contributed by atoms with Gasteiger partial charge in [-0.2, -0.15) is 0 Å². The molecule has 0 aromatic heterocycles. The van der Waals surface area contributed by atoms with Gasteiger partial charge >= 0.3 is 6.09 Å². The monoisotopic (exact) mass is 229 g/mol. The van der Waals surface area contributed by atoms with Gasteiger partial charge in [0.15, 0.2) is 5.88 Å². The molecule has 0 bridgehead atoms. The molecule has 0 aromatic rings. The predicted octanol–water partition coefficient (Wildman–Crippen LogP) is 2.54. The number of hydrogen-bond donors (Lipinski definition) is 0. The van der Waals surface area contributed by atoms with E-state index < -0.39 is 8.32 Å². The summed E-state index contributed by atoms with van der Waals surface area (Å²) in [6.07, 6.45) is 1.51. The molecule has 15 heavy (non-hydrogen) atoms. The summed E-state index contributed by atoms with van der Waals surface area (Å²) in [4.78, 5) is 13.1. The molecule has 86 valence electrons. The zero-order chi connectivity index (χ0) is 11.6. The second-order valence-electron chi connectivity index (χ2n) is 4.64. The van der Waals surface area contributed by atoms with Gasteiger partial charge in [0.2, 0.25) is 8.32 Å². The molecule has 0 unspecified atom stereocenters. The van der Waals surface area contributed by atoms with E-state index in [2.05, 4.69) is 19.6 Å². The SMILES string of the molecule is C/C=C(\O[Si](C)(C)C)N1C(=O)OC[C@H]1C. The highest BCUT2D eigenvalue weighted by Gasteiger charge is 2.34. The molecule has 0 radical (unpaired) electrons. The molecular formula is C10H19NO3Si. The van der Waals surface area contributed by atoms with Crippen LogP contribution in [0.5, 0.6) is 0 Å². The lowest BCUT2D eigenvalue weighted by Gasteiger charge is -2.28. The first kappa shape index (κ1) is 12.1. The summed E-state index contributed by atoms with van der Waals surface area (Å²) in [5.41, 5.74) is 0. The van der Waals surface area contributed by atoms with Crippen LogP contribution in [0.15, 0.2) is 12.0 Å². The lowest BCUT2D eigenvalue weighted by Crippen LogP contribution is -2.37. The van der Waals surface area contributed by atoms with Crippen molar-refractivity contribution >= 4 is 14.4 Å². The Morgan fingerprint density at radius 1 is 1.60 bits per heavy atom. The zero-order valence-corrected chi connectivity index (χ0v) is 11.0. The molecule has 0 spiro atoms. The highest BCUT2D eigenvalue weighted by molar-refractivity contribution is 6.70. The third kappa shape index (κ3) is 2.99. The van der Waals surface area contributed by atoms with Crippen molar-refractivity contribution in [2.24, 2.45) is 0 Å². The van der Waals surface area contributed by atoms with E-state index >= 15 is 0 Å². The van der Waals surface area contributed by atoms with E-state index in [9.17, 15) is 4.79 Å². The fraction of sp³-hybridized carbons (Fsp3) is 0.700. The minimum Gasteiger partial charge on any atom is -0.533 e. The van der Waals surface area contributed by atoms with Gasteiger partial charge in [0.1, 0.15) is 6.61 Å². The summed E-state index contributed by atoms with van der Waals surface area (Å²) in [5.74, 6) is 0.629. The molecule has 1 rings (SSSR count). The van der Waals surface area contributed by atoms with Gasteiger partial charge in [-0.1, -0.05) is 0 Å². The number of allylic oxidation sites excluding steroid dienone is 1. The van der Waals surface area contributed by atoms with Gasteiger partial charge in [-0.05, 0) is 39.6 Å². The molecule has 1 atom stereocenters.